The lowest BCUT2D eigenvalue weighted by Gasteiger charge is -2.17. The Morgan fingerprint density at radius 1 is 1.11 bits per heavy atom. The third kappa shape index (κ3) is 4.28. The molecule has 0 spiro atoms. The highest BCUT2D eigenvalue weighted by molar-refractivity contribution is 5.96. The second kappa shape index (κ2) is 8.52. The summed E-state index contributed by atoms with van der Waals surface area (Å²) in [5.41, 5.74) is 2.54. The first kappa shape index (κ1) is 19.4. The zero-order valence-electron chi connectivity index (χ0n) is 15.7. The second-order valence-corrected chi connectivity index (χ2v) is 6.36. The molecule has 0 N–H and O–H groups in total. The van der Waals surface area contributed by atoms with Gasteiger partial charge in [0.2, 0.25) is 5.91 Å². The predicted molar refractivity (Wildman–Crippen MR) is 106 cm³/mol. The number of anilines is 1. The number of hydrogen-bond donors (Lipinski definition) is 0. The van der Waals surface area contributed by atoms with Crippen molar-refractivity contribution in [1.29, 1.82) is 0 Å². The van der Waals surface area contributed by atoms with Crippen molar-refractivity contribution in [3.8, 4) is 11.1 Å². The van der Waals surface area contributed by atoms with Gasteiger partial charge in [0.1, 0.15) is 11.5 Å². The fourth-order valence-electron chi connectivity index (χ4n) is 2.82. The lowest BCUT2D eigenvalue weighted by molar-refractivity contribution is -0.118. The molecule has 0 unspecified atom stereocenters. The van der Waals surface area contributed by atoms with Crippen LogP contribution in [0.3, 0.4) is 0 Å². The minimum absolute atomic E-state index is 0.0923. The number of nitrogens with zero attached hydrogens (tertiary/aromatic N) is 3. The van der Waals surface area contributed by atoms with Crippen molar-refractivity contribution < 1.29 is 14.0 Å². The van der Waals surface area contributed by atoms with Crippen molar-refractivity contribution in [2.45, 2.75) is 19.8 Å². The summed E-state index contributed by atoms with van der Waals surface area (Å²) >= 11 is 0. The van der Waals surface area contributed by atoms with Crippen LogP contribution in [-0.2, 0) is 11.2 Å². The molecule has 1 amide bonds. The summed E-state index contributed by atoms with van der Waals surface area (Å²) in [6, 6.07) is 11.5. The molecule has 0 saturated heterocycles. The van der Waals surface area contributed by atoms with Crippen molar-refractivity contribution in [3.63, 3.8) is 0 Å². The molecule has 0 bridgehead atoms. The zero-order valence-corrected chi connectivity index (χ0v) is 15.7. The molecule has 0 aliphatic carbocycles. The van der Waals surface area contributed by atoms with Crippen LogP contribution in [0.4, 0.5) is 10.1 Å². The maximum Gasteiger partial charge on any atom is 0.226 e. The highest BCUT2D eigenvalue weighted by Crippen LogP contribution is 2.26. The number of amides is 1. The molecule has 2 aromatic heterocycles. The van der Waals surface area contributed by atoms with Gasteiger partial charge in [-0.05, 0) is 35.9 Å². The first-order valence-corrected chi connectivity index (χ1v) is 8.94. The number of pyridine rings is 2. The van der Waals surface area contributed by atoms with E-state index >= 15 is 0 Å². The maximum absolute atomic E-state index is 14.6. The van der Waals surface area contributed by atoms with Gasteiger partial charge in [-0.2, -0.15) is 0 Å². The molecule has 5 nitrogen and oxygen atoms in total. The van der Waals surface area contributed by atoms with Crippen molar-refractivity contribution in [3.05, 3.63) is 78.1 Å². The van der Waals surface area contributed by atoms with E-state index in [1.54, 1.807) is 56.7 Å². The van der Waals surface area contributed by atoms with Crippen LogP contribution in [0.5, 0.6) is 0 Å². The van der Waals surface area contributed by atoms with Crippen LogP contribution in [0.1, 0.15) is 29.4 Å². The number of hydrogen-bond acceptors (Lipinski definition) is 4. The van der Waals surface area contributed by atoms with Gasteiger partial charge >= 0.3 is 0 Å². The molecule has 6 heteroatoms. The summed E-state index contributed by atoms with van der Waals surface area (Å²) in [7, 11) is 1.62. The van der Waals surface area contributed by atoms with Gasteiger partial charge in [-0.3, -0.25) is 19.6 Å². The van der Waals surface area contributed by atoms with Gasteiger partial charge < -0.3 is 4.90 Å². The Morgan fingerprint density at radius 3 is 2.54 bits per heavy atom. The third-order valence-corrected chi connectivity index (χ3v) is 4.46. The van der Waals surface area contributed by atoms with Crippen LogP contribution in [0.15, 0.2) is 61.1 Å². The molecule has 0 aliphatic rings. The van der Waals surface area contributed by atoms with E-state index in [0.717, 1.165) is 5.56 Å². The Hall–Kier alpha value is -3.41. The van der Waals surface area contributed by atoms with Crippen LogP contribution in [0.25, 0.3) is 11.1 Å². The molecule has 0 fully saturated rings. The molecule has 1 aromatic carbocycles. The Kier molecular flexibility index (Phi) is 5.89. The van der Waals surface area contributed by atoms with Crippen LogP contribution >= 0.6 is 0 Å². The van der Waals surface area contributed by atoms with Crippen molar-refractivity contribution in [1.82, 2.24) is 9.97 Å². The largest absolute Gasteiger partial charge is 0.315 e. The van der Waals surface area contributed by atoms with Gasteiger partial charge in [0.25, 0.3) is 0 Å². The van der Waals surface area contributed by atoms with E-state index < -0.39 is 5.82 Å². The van der Waals surface area contributed by atoms with E-state index in [1.807, 2.05) is 6.07 Å². The highest BCUT2D eigenvalue weighted by atomic mass is 19.1. The number of halogens is 1. The number of carbonyl (C=O) groups is 2. The number of aromatic nitrogens is 2. The predicted octanol–water partition coefficient (Wildman–Crippen LogP) is 4.08. The van der Waals surface area contributed by atoms with Crippen LogP contribution in [0, 0.1) is 5.82 Å². The Balaban J connectivity index is 1.78. The number of ketones is 1. The van der Waals surface area contributed by atoms with E-state index in [2.05, 4.69) is 9.97 Å². The Bertz CT molecular complexity index is 988. The first-order chi connectivity index (χ1) is 13.5. The first-order valence-electron chi connectivity index (χ1n) is 8.94. The maximum atomic E-state index is 14.6. The SMILES string of the molecule is CCC(=O)N(C)c1ccc(-c2ccc(C(=O)Cc3cccnc3)nc2)c(F)c1. The fraction of sp³-hybridized carbons (Fsp3) is 0.182. The molecular formula is C22H20FN3O2. The lowest BCUT2D eigenvalue weighted by Crippen LogP contribution is -2.25. The molecule has 2 heterocycles. The van der Waals surface area contributed by atoms with Gasteiger partial charge in [0.05, 0.1) is 0 Å². The number of rotatable bonds is 6. The summed E-state index contributed by atoms with van der Waals surface area (Å²) in [6.45, 7) is 1.76. The molecule has 0 saturated carbocycles. The number of carbonyl (C=O) groups excluding carboxylic acids is 2. The standard InChI is InChI=1S/C22H20FN3O2/c1-3-22(28)26(2)17-7-8-18(19(23)12-17)16-6-9-20(25-14-16)21(27)11-15-5-4-10-24-13-15/h4-10,12-14H,3,11H2,1-2H3. The Morgan fingerprint density at radius 2 is 1.93 bits per heavy atom. The minimum Gasteiger partial charge on any atom is -0.315 e. The summed E-state index contributed by atoms with van der Waals surface area (Å²) in [5.74, 6) is -0.676. The van der Waals surface area contributed by atoms with E-state index in [9.17, 15) is 14.0 Å². The van der Waals surface area contributed by atoms with E-state index in [-0.39, 0.29) is 18.1 Å². The molecular weight excluding hydrogens is 357 g/mol. The molecule has 28 heavy (non-hydrogen) atoms. The summed E-state index contributed by atoms with van der Waals surface area (Å²) < 4.78 is 14.6. The van der Waals surface area contributed by atoms with Gasteiger partial charge in [0.15, 0.2) is 5.78 Å². The molecule has 142 valence electrons. The summed E-state index contributed by atoms with van der Waals surface area (Å²) in [4.78, 5) is 33.7. The molecule has 3 aromatic rings. The summed E-state index contributed by atoms with van der Waals surface area (Å²) in [5, 5.41) is 0. The zero-order chi connectivity index (χ0) is 20.1. The van der Waals surface area contributed by atoms with E-state index in [0.29, 0.717) is 28.9 Å². The van der Waals surface area contributed by atoms with E-state index in [1.165, 1.54) is 17.2 Å². The quantitative estimate of drug-likeness (QED) is 0.607. The fourth-order valence-corrected chi connectivity index (χ4v) is 2.82. The monoisotopic (exact) mass is 377 g/mol. The highest BCUT2D eigenvalue weighted by Gasteiger charge is 2.14. The van der Waals surface area contributed by atoms with Gasteiger partial charge in [-0.1, -0.05) is 19.1 Å². The summed E-state index contributed by atoms with van der Waals surface area (Å²) in [6.07, 6.45) is 5.33. The second-order valence-electron chi connectivity index (χ2n) is 6.36. The Labute approximate surface area is 162 Å². The molecule has 3 rings (SSSR count). The average Bonchev–Trinajstić information content (AvgIpc) is 2.73. The van der Waals surface area contributed by atoms with Gasteiger partial charge in [-0.25, -0.2) is 4.39 Å². The molecule has 0 radical (unpaired) electrons. The number of Topliss-reactive ketones (excluding diaryl/α,β-unsaturated/α-hetero) is 1. The normalized spacial score (nSPS) is 10.5. The van der Waals surface area contributed by atoms with Crippen molar-refractivity contribution >= 4 is 17.4 Å². The average molecular weight is 377 g/mol. The van der Waals surface area contributed by atoms with Crippen molar-refractivity contribution in [2.24, 2.45) is 0 Å². The van der Waals surface area contributed by atoms with Crippen molar-refractivity contribution in [2.75, 3.05) is 11.9 Å². The van der Waals surface area contributed by atoms with Crippen LogP contribution in [-0.4, -0.2) is 28.7 Å². The smallest absolute Gasteiger partial charge is 0.226 e. The number of benzene rings is 1. The lowest BCUT2D eigenvalue weighted by atomic mass is 10.0. The molecule has 0 aliphatic heterocycles. The molecule has 0 atom stereocenters. The third-order valence-electron chi connectivity index (χ3n) is 4.46. The topological polar surface area (TPSA) is 63.2 Å². The van der Waals surface area contributed by atoms with Gasteiger partial charge in [-0.15, -0.1) is 0 Å². The van der Waals surface area contributed by atoms with E-state index in [4.69, 9.17) is 0 Å². The van der Waals surface area contributed by atoms with Gasteiger partial charge in [0, 0.05) is 55.3 Å². The minimum atomic E-state index is -0.454. The van der Waals surface area contributed by atoms with Crippen LogP contribution < -0.4 is 4.90 Å². The van der Waals surface area contributed by atoms with Crippen LogP contribution in [0.2, 0.25) is 0 Å².